The number of hydrogen-bond acceptors (Lipinski definition) is 1. The van der Waals surface area contributed by atoms with Gasteiger partial charge in [-0.05, 0) is 37.4 Å². The Bertz CT molecular complexity index is 511. The zero-order valence-electron chi connectivity index (χ0n) is 9.72. The van der Waals surface area contributed by atoms with Gasteiger partial charge in [0.15, 0.2) is 0 Å². The van der Waals surface area contributed by atoms with E-state index in [1.54, 1.807) is 0 Å². The number of nitrogens with one attached hydrogen (secondary N) is 1. The van der Waals surface area contributed by atoms with E-state index in [4.69, 9.17) is 0 Å². The van der Waals surface area contributed by atoms with Crippen molar-refractivity contribution < 1.29 is 0 Å². The van der Waals surface area contributed by atoms with E-state index in [1.165, 1.54) is 5.56 Å². The van der Waals surface area contributed by atoms with Crippen LogP contribution in [0.3, 0.4) is 0 Å². The number of fused-ring (bicyclic) bond motifs is 1. The molecule has 0 saturated heterocycles. The van der Waals surface area contributed by atoms with Crippen LogP contribution in [0.5, 0.6) is 0 Å². The molecule has 0 aliphatic rings. The average molecular weight is 203 g/mol. The van der Waals surface area contributed by atoms with Crippen LogP contribution in [0.1, 0.15) is 25.0 Å². The second-order valence-electron chi connectivity index (χ2n) is 3.37. The number of aryl methyl sites for hydroxylation is 2. The number of pyridine rings is 1. The Morgan fingerprint density at radius 3 is 2.40 bits per heavy atom. The van der Waals surface area contributed by atoms with Gasteiger partial charge in [-0.2, -0.15) is 0 Å². The summed E-state index contributed by atoms with van der Waals surface area (Å²) in [6.07, 6.45) is 0. The van der Waals surface area contributed by atoms with Crippen molar-refractivity contribution in [2.45, 2.75) is 27.7 Å². The van der Waals surface area contributed by atoms with E-state index in [1.807, 2.05) is 45.9 Å². The maximum absolute atomic E-state index is 11.3. The average Bonchev–Trinajstić information content (AvgIpc) is 2.23. The highest BCUT2D eigenvalue weighted by atomic mass is 16.1. The molecule has 0 spiro atoms. The Balaban J connectivity index is 0.000000531. The molecular weight excluding hydrogens is 186 g/mol. The Morgan fingerprint density at radius 2 is 1.73 bits per heavy atom. The predicted octanol–water partition coefficient (Wildman–Crippen LogP) is 3.17. The minimum absolute atomic E-state index is 0.00338. The standard InChI is InChI=1S/C11H11NO.C2H6/c1-7-3-4-10-9(5-7)6-8(2)11(13)12-10;1-2/h3-6H,1-2H3,(H,12,13);1-2H3. The second-order valence-corrected chi connectivity index (χ2v) is 3.37. The third-order valence-corrected chi connectivity index (χ3v) is 2.19. The van der Waals surface area contributed by atoms with Crippen molar-refractivity contribution in [3.63, 3.8) is 0 Å². The van der Waals surface area contributed by atoms with Crippen molar-refractivity contribution in [1.29, 1.82) is 0 Å². The van der Waals surface area contributed by atoms with E-state index in [0.29, 0.717) is 0 Å². The highest BCUT2D eigenvalue weighted by molar-refractivity contribution is 5.79. The molecule has 2 rings (SSSR count). The molecule has 0 aliphatic carbocycles. The summed E-state index contributed by atoms with van der Waals surface area (Å²) >= 11 is 0. The lowest BCUT2D eigenvalue weighted by molar-refractivity contribution is 1.23. The molecule has 2 aromatic rings. The number of rotatable bonds is 0. The Kier molecular flexibility index (Phi) is 3.67. The van der Waals surface area contributed by atoms with Gasteiger partial charge in [0.05, 0.1) is 0 Å². The van der Waals surface area contributed by atoms with Crippen LogP contribution in [0, 0.1) is 13.8 Å². The van der Waals surface area contributed by atoms with Crippen LogP contribution in [0.15, 0.2) is 29.1 Å². The maximum Gasteiger partial charge on any atom is 0.251 e. The highest BCUT2D eigenvalue weighted by Crippen LogP contribution is 2.12. The summed E-state index contributed by atoms with van der Waals surface area (Å²) in [7, 11) is 0. The Hall–Kier alpha value is -1.57. The lowest BCUT2D eigenvalue weighted by Crippen LogP contribution is -2.08. The second kappa shape index (κ2) is 4.78. The largest absolute Gasteiger partial charge is 0.322 e. The van der Waals surface area contributed by atoms with Gasteiger partial charge >= 0.3 is 0 Å². The number of hydrogen-bond donors (Lipinski definition) is 1. The molecule has 2 heteroatoms. The summed E-state index contributed by atoms with van der Waals surface area (Å²) in [6.45, 7) is 7.86. The van der Waals surface area contributed by atoms with Gasteiger partial charge in [-0.25, -0.2) is 0 Å². The van der Waals surface area contributed by atoms with Crippen LogP contribution in [0.2, 0.25) is 0 Å². The van der Waals surface area contributed by atoms with E-state index < -0.39 is 0 Å². The van der Waals surface area contributed by atoms with Gasteiger partial charge in [-0.3, -0.25) is 4.79 Å². The van der Waals surface area contributed by atoms with Gasteiger partial charge in [0.25, 0.3) is 5.56 Å². The van der Waals surface area contributed by atoms with Crippen LogP contribution in [-0.4, -0.2) is 4.98 Å². The summed E-state index contributed by atoms with van der Waals surface area (Å²) in [5.74, 6) is 0. The monoisotopic (exact) mass is 203 g/mol. The van der Waals surface area contributed by atoms with Crippen molar-refractivity contribution in [3.8, 4) is 0 Å². The zero-order chi connectivity index (χ0) is 11.4. The lowest BCUT2D eigenvalue weighted by atomic mass is 10.1. The molecule has 0 amide bonds. The van der Waals surface area contributed by atoms with Crippen LogP contribution in [0.4, 0.5) is 0 Å². The van der Waals surface area contributed by atoms with Crippen LogP contribution < -0.4 is 5.56 Å². The quantitative estimate of drug-likeness (QED) is 0.701. The van der Waals surface area contributed by atoms with E-state index in [2.05, 4.69) is 11.1 Å². The zero-order valence-corrected chi connectivity index (χ0v) is 9.72. The van der Waals surface area contributed by atoms with Gasteiger partial charge in [0.1, 0.15) is 0 Å². The summed E-state index contributed by atoms with van der Waals surface area (Å²) < 4.78 is 0. The molecule has 0 unspecified atom stereocenters. The van der Waals surface area contributed by atoms with Gasteiger partial charge < -0.3 is 4.98 Å². The number of aromatic amines is 1. The molecule has 0 radical (unpaired) electrons. The topological polar surface area (TPSA) is 32.9 Å². The third kappa shape index (κ3) is 2.46. The fourth-order valence-corrected chi connectivity index (χ4v) is 1.44. The molecule has 0 saturated carbocycles. The van der Waals surface area contributed by atoms with Crippen molar-refractivity contribution in [3.05, 3.63) is 45.7 Å². The van der Waals surface area contributed by atoms with E-state index >= 15 is 0 Å². The summed E-state index contributed by atoms with van der Waals surface area (Å²) in [5.41, 5.74) is 2.87. The summed E-state index contributed by atoms with van der Waals surface area (Å²) in [5, 5.41) is 1.09. The fraction of sp³-hybridized carbons (Fsp3) is 0.308. The number of aromatic nitrogens is 1. The van der Waals surface area contributed by atoms with Crippen LogP contribution >= 0.6 is 0 Å². The number of benzene rings is 1. The predicted molar refractivity (Wildman–Crippen MR) is 65.4 cm³/mol. The minimum Gasteiger partial charge on any atom is -0.322 e. The first-order chi connectivity index (χ1) is 7.16. The molecule has 15 heavy (non-hydrogen) atoms. The SMILES string of the molecule is CC.Cc1ccc2[nH]c(=O)c(C)cc2c1. The van der Waals surface area contributed by atoms with E-state index in [0.717, 1.165) is 16.5 Å². The van der Waals surface area contributed by atoms with Gasteiger partial charge in [-0.15, -0.1) is 0 Å². The molecule has 0 atom stereocenters. The van der Waals surface area contributed by atoms with Crippen molar-refractivity contribution in [2.75, 3.05) is 0 Å². The third-order valence-electron chi connectivity index (χ3n) is 2.19. The molecule has 1 heterocycles. The molecule has 0 bridgehead atoms. The first kappa shape index (κ1) is 11.5. The molecule has 80 valence electrons. The molecular formula is C13H17NO. The Morgan fingerprint density at radius 1 is 1.07 bits per heavy atom. The summed E-state index contributed by atoms with van der Waals surface area (Å²) in [4.78, 5) is 14.1. The molecule has 2 nitrogen and oxygen atoms in total. The maximum atomic E-state index is 11.3. The van der Waals surface area contributed by atoms with Crippen molar-refractivity contribution >= 4 is 10.9 Å². The van der Waals surface area contributed by atoms with Crippen molar-refractivity contribution in [1.82, 2.24) is 4.98 Å². The first-order valence-electron chi connectivity index (χ1n) is 5.27. The first-order valence-corrected chi connectivity index (χ1v) is 5.27. The van der Waals surface area contributed by atoms with Crippen molar-refractivity contribution in [2.24, 2.45) is 0 Å². The molecule has 1 N–H and O–H groups in total. The van der Waals surface area contributed by atoms with Crippen LogP contribution in [-0.2, 0) is 0 Å². The number of H-pyrrole nitrogens is 1. The van der Waals surface area contributed by atoms with Gasteiger partial charge in [-0.1, -0.05) is 25.5 Å². The lowest BCUT2D eigenvalue weighted by Gasteiger charge is -1.99. The summed E-state index contributed by atoms with van der Waals surface area (Å²) in [6, 6.07) is 7.92. The van der Waals surface area contributed by atoms with E-state index in [-0.39, 0.29) is 5.56 Å². The molecule has 0 fully saturated rings. The minimum atomic E-state index is -0.00338. The normalized spacial score (nSPS) is 9.60. The molecule has 0 aliphatic heterocycles. The van der Waals surface area contributed by atoms with E-state index in [9.17, 15) is 4.79 Å². The fourth-order valence-electron chi connectivity index (χ4n) is 1.44. The van der Waals surface area contributed by atoms with Gasteiger partial charge in [0, 0.05) is 11.1 Å². The van der Waals surface area contributed by atoms with Gasteiger partial charge in [0.2, 0.25) is 0 Å². The molecule has 1 aromatic heterocycles. The van der Waals surface area contributed by atoms with Crippen LogP contribution in [0.25, 0.3) is 10.9 Å². The Labute approximate surface area is 90.0 Å². The highest BCUT2D eigenvalue weighted by Gasteiger charge is 1.97. The smallest absolute Gasteiger partial charge is 0.251 e. The molecule has 1 aromatic carbocycles.